The van der Waals surface area contributed by atoms with Gasteiger partial charge in [-0.25, -0.2) is 0 Å². The van der Waals surface area contributed by atoms with Crippen LogP contribution in [-0.4, -0.2) is 18.6 Å². The zero-order valence-electron chi connectivity index (χ0n) is 11.0. The van der Waals surface area contributed by atoms with E-state index in [4.69, 9.17) is 4.74 Å². The van der Waals surface area contributed by atoms with Crippen LogP contribution in [0.1, 0.15) is 37.1 Å². The summed E-state index contributed by atoms with van der Waals surface area (Å²) < 4.78 is 5.61. The van der Waals surface area contributed by atoms with Crippen molar-refractivity contribution in [2.75, 3.05) is 13.7 Å². The third kappa shape index (κ3) is 1.79. The molecule has 0 amide bonds. The number of rotatable bonds is 3. The van der Waals surface area contributed by atoms with Crippen LogP contribution in [0.5, 0.6) is 5.75 Å². The zero-order valence-corrected chi connectivity index (χ0v) is 11.0. The summed E-state index contributed by atoms with van der Waals surface area (Å²) in [7, 11) is 2.05. The van der Waals surface area contributed by atoms with Crippen LogP contribution in [0, 0.1) is 0 Å². The van der Waals surface area contributed by atoms with E-state index in [9.17, 15) is 0 Å². The minimum Gasteiger partial charge on any atom is -0.494 e. The van der Waals surface area contributed by atoms with Crippen molar-refractivity contribution < 1.29 is 4.74 Å². The van der Waals surface area contributed by atoms with Crippen LogP contribution in [0.3, 0.4) is 0 Å². The molecular weight excluding hydrogens is 224 g/mol. The Morgan fingerprint density at radius 2 is 2.33 bits per heavy atom. The summed E-state index contributed by atoms with van der Waals surface area (Å²) in [5, 5.41) is 4.74. The Balaban J connectivity index is 2.15. The summed E-state index contributed by atoms with van der Waals surface area (Å²) in [5.41, 5.74) is 4.06. The molecule has 3 nitrogen and oxygen atoms in total. The summed E-state index contributed by atoms with van der Waals surface area (Å²) in [6.07, 6.45) is 3.63. The highest BCUT2D eigenvalue weighted by Gasteiger charge is 2.23. The number of hydrogen-bond acceptors (Lipinski definition) is 2. The van der Waals surface area contributed by atoms with Crippen molar-refractivity contribution in [1.29, 1.82) is 0 Å². The fourth-order valence-corrected chi connectivity index (χ4v) is 3.02. The van der Waals surface area contributed by atoms with Crippen LogP contribution in [-0.2, 0) is 6.42 Å². The maximum Gasteiger partial charge on any atom is 0.120 e. The van der Waals surface area contributed by atoms with Gasteiger partial charge in [0.15, 0.2) is 0 Å². The van der Waals surface area contributed by atoms with Gasteiger partial charge in [0, 0.05) is 22.6 Å². The molecule has 2 aromatic rings. The number of nitrogens with one attached hydrogen (secondary N) is 2. The number of benzene rings is 1. The second-order valence-corrected chi connectivity index (χ2v) is 4.89. The first-order valence-corrected chi connectivity index (χ1v) is 6.78. The normalized spacial score (nSPS) is 18.9. The highest BCUT2D eigenvalue weighted by atomic mass is 16.5. The molecule has 0 spiro atoms. The van der Waals surface area contributed by atoms with E-state index in [1.54, 1.807) is 0 Å². The van der Waals surface area contributed by atoms with E-state index in [2.05, 4.69) is 22.4 Å². The van der Waals surface area contributed by atoms with E-state index in [0.29, 0.717) is 12.6 Å². The number of hydrogen-bond donors (Lipinski definition) is 2. The van der Waals surface area contributed by atoms with Crippen LogP contribution >= 0.6 is 0 Å². The number of aromatic amines is 1. The molecule has 96 valence electrons. The predicted molar refractivity (Wildman–Crippen MR) is 74.2 cm³/mol. The van der Waals surface area contributed by atoms with Crippen molar-refractivity contribution in [2.24, 2.45) is 0 Å². The number of aryl methyl sites for hydroxylation is 1. The molecule has 0 saturated carbocycles. The van der Waals surface area contributed by atoms with Gasteiger partial charge in [-0.15, -0.1) is 0 Å². The Labute approximate surface area is 108 Å². The maximum atomic E-state index is 5.61. The van der Waals surface area contributed by atoms with Crippen LogP contribution in [0.2, 0.25) is 0 Å². The summed E-state index contributed by atoms with van der Waals surface area (Å²) in [6, 6.07) is 6.82. The molecule has 0 bridgehead atoms. The van der Waals surface area contributed by atoms with Gasteiger partial charge in [0.1, 0.15) is 5.75 Å². The molecule has 1 heterocycles. The Kier molecular flexibility index (Phi) is 3.00. The lowest BCUT2D eigenvalue weighted by Gasteiger charge is -2.22. The lowest BCUT2D eigenvalue weighted by molar-refractivity contribution is 0.340. The third-order valence-corrected chi connectivity index (χ3v) is 3.82. The van der Waals surface area contributed by atoms with Crippen molar-refractivity contribution in [2.45, 2.75) is 32.2 Å². The van der Waals surface area contributed by atoms with Gasteiger partial charge < -0.3 is 15.0 Å². The number of fused-ring (bicyclic) bond motifs is 3. The van der Waals surface area contributed by atoms with E-state index < -0.39 is 0 Å². The highest BCUT2D eigenvalue weighted by Crippen LogP contribution is 2.36. The van der Waals surface area contributed by atoms with E-state index in [-0.39, 0.29) is 0 Å². The summed E-state index contributed by atoms with van der Waals surface area (Å²) in [6.45, 7) is 2.74. The molecule has 1 atom stereocenters. The van der Waals surface area contributed by atoms with Gasteiger partial charge in [-0.3, -0.25) is 0 Å². The van der Waals surface area contributed by atoms with Gasteiger partial charge >= 0.3 is 0 Å². The molecule has 3 heteroatoms. The fourth-order valence-electron chi connectivity index (χ4n) is 3.02. The largest absolute Gasteiger partial charge is 0.494 e. The number of ether oxygens (including phenoxy) is 1. The highest BCUT2D eigenvalue weighted by molar-refractivity contribution is 5.86. The Morgan fingerprint density at radius 3 is 3.11 bits per heavy atom. The van der Waals surface area contributed by atoms with Crippen LogP contribution < -0.4 is 10.1 Å². The van der Waals surface area contributed by atoms with Gasteiger partial charge in [-0.05, 0) is 57.0 Å². The quantitative estimate of drug-likeness (QED) is 0.870. The second-order valence-electron chi connectivity index (χ2n) is 4.89. The average molecular weight is 244 g/mol. The van der Waals surface area contributed by atoms with Crippen molar-refractivity contribution in [3.8, 4) is 5.75 Å². The monoisotopic (exact) mass is 244 g/mol. The average Bonchev–Trinajstić information content (AvgIpc) is 2.77. The molecule has 3 rings (SSSR count). The van der Waals surface area contributed by atoms with Crippen molar-refractivity contribution in [3.05, 3.63) is 29.5 Å². The summed E-state index contributed by atoms with van der Waals surface area (Å²) in [5.74, 6) is 0.965. The summed E-state index contributed by atoms with van der Waals surface area (Å²) in [4.78, 5) is 3.55. The smallest absolute Gasteiger partial charge is 0.120 e. The molecule has 1 aromatic heterocycles. The molecule has 18 heavy (non-hydrogen) atoms. The van der Waals surface area contributed by atoms with E-state index in [1.807, 2.05) is 20.0 Å². The Bertz CT molecular complexity index is 559. The molecule has 1 unspecified atom stereocenters. The van der Waals surface area contributed by atoms with Crippen LogP contribution in [0.4, 0.5) is 0 Å². The topological polar surface area (TPSA) is 37.0 Å². The predicted octanol–water partition coefficient (Wildman–Crippen LogP) is 3.16. The molecule has 2 N–H and O–H groups in total. The lowest BCUT2D eigenvalue weighted by Crippen LogP contribution is -2.20. The zero-order chi connectivity index (χ0) is 12.5. The summed E-state index contributed by atoms with van der Waals surface area (Å²) >= 11 is 0. The molecule has 1 aliphatic rings. The third-order valence-electron chi connectivity index (χ3n) is 3.82. The molecule has 0 aliphatic heterocycles. The molecule has 0 saturated heterocycles. The van der Waals surface area contributed by atoms with Gasteiger partial charge in [0.25, 0.3) is 0 Å². The number of aromatic nitrogens is 1. The van der Waals surface area contributed by atoms with Gasteiger partial charge in [0.05, 0.1) is 6.61 Å². The second kappa shape index (κ2) is 4.65. The van der Waals surface area contributed by atoms with Crippen molar-refractivity contribution in [3.63, 3.8) is 0 Å². The molecule has 1 aliphatic carbocycles. The molecule has 0 fully saturated rings. The van der Waals surface area contributed by atoms with Crippen molar-refractivity contribution in [1.82, 2.24) is 10.3 Å². The molecular formula is C15H20N2O. The van der Waals surface area contributed by atoms with Crippen LogP contribution in [0.25, 0.3) is 10.9 Å². The first-order valence-electron chi connectivity index (χ1n) is 6.78. The molecule has 0 radical (unpaired) electrons. The first kappa shape index (κ1) is 11.6. The van der Waals surface area contributed by atoms with E-state index >= 15 is 0 Å². The van der Waals surface area contributed by atoms with Crippen molar-refractivity contribution >= 4 is 10.9 Å². The minimum atomic E-state index is 0.472. The number of H-pyrrole nitrogens is 1. The van der Waals surface area contributed by atoms with Crippen LogP contribution in [0.15, 0.2) is 18.2 Å². The fraction of sp³-hybridized carbons (Fsp3) is 0.467. The first-order chi connectivity index (χ1) is 8.83. The standard InChI is InChI=1S/C15H20N2O/c1-3-18-10-7-8-12-11(9-10)15-13(16-2)5-4-6-14(15)17-12/h7-9,13,16-17H,3-6H2,1-2H3. The minimum absolute atomic E-state index is 0.472. The van der Waals surface area contributed by atoms with Gasteiger partial charge in [-0.1, -0.05) is 0 Å². The van der Waals surface area contributed by atoms with E-state index in [0.717, 1.165) is 12.2 Å². The lowest BCUT2D eigenvalue weighted by atomic mass is 9.91. The Hall–Kier alpha value is -1.48. The van der Waals surface area contributed by atoms with E-state index in [1.165, 1.54) is 35.0 Å². The SMILES string of the molecule is CCOc1ccc2[nH]c3c(c2c1)C(NC)CCC3. The molecule has 1 aromatic carbocycles. The van der Waals surface area contributed by atoms with Gasteiger partial charge in [-0.2, -0.15) is 0 Å². The van der Waals surface area contributed by atoms with Gasteiger partial charge in [0.2, 0.25) is 0 Å². The Morgan fingerprint density at radius 1 is 1.44 bits per heavy atom. The maximum absolute atomic E-state index is 5.61.